The van der Waals surface area contributed by atoms with E-state index in [0.717, 1.165) is 34.7 Å². The smallest absolute Gasteiger partial charge is 0.130 e. The summed E-state index contributed by atoms with van der Waals surface area (Å²) < 4.78 is 2.33. The van der Waals surface area contributed by atoms with Gasteiger partial charge in [-0.05, 0) is 51.3 Å². The maximum atomic E-state index is 4.92. The van der Waals surface area contributed by atoms with Gasteiger partial charge in [0, 0.05) is 50.6 Å². The summed E-state index contributed by atoms with van der Waals surface area (Å²) in [6.07, 6.45) is 5.77. The Hall–Kier alpha value is -4.22. The summed E-state index contributed by atoms with van der Waals surface area (Å²) in [7, 11) is -1.56. The topological polar surface area (TPSA) is 43.6 Å². The van der Waals surface area contributed by atoms with E-state index in [9.17, 15) is 0 Å². The number of benzene rings is 3. The average molecular weight is 795 g/mol. The van der Waals surface area contributed by atoms with Crippen LogP contribution in [0.3, 0.4) is 0 Å². The molecule has 7 aromatic rings. The molecule has 4 aromatic heterocycles. The van der Waals surface area contributed by atoms with Crippen molar-refractivity contribution in [2.24, 2.45) is 5.92 Å². The number of hydrogen-bond donors (Lipinski definition) is 0. The maximum Gasteiger partial charge on any atom is 0.130 e. The van der Waals surface area contributed by atoms with Crippen molar-refractivity contribution in [3.05, 3.63) is 134 Å². The van der Waals surface area contributed by atoms with E-state index in [4.69, 9.17) is 9.97 Å². The second-order valence-corrected chi connectivity index (χ2v) is 17.8. The van der Waals surface area contributed by atoms with Gasteiger partial charge < -0.3 is 14.5 Å². The van der Waals surface area contributed by atoms with Gasteiger partial charge >= 0.3 is 0 Å². The van der Waals surface area contributed by atoms with Crippen LogP contribution in [-0.2, 0) is 26.7 Å². The van der Waals surface area contributed by atoms with Gasteiger partial charge in [-0.1, -0.05) is 93.5 Å². The number of aromatic nitrogens is 4. The van der Waals surface area contributed by atoms with E-state index in [0.29, 0.717) is 5.92 Å². The summed E-state index contributed by atoms with van der Waals surface area (Å²) in [4.78, 5) is 13.8. The van der Waals surface area contributed by atoms with E-state index in [1.54, 1.807) is 6.20 Å². The Kier molecular flexibility index (Phi) is 10.4. The minimum atomic E-state index is -1.56. The Labute approximate surface area is 287 Å². The molecule has 0 bridgehead atoms. The third-order valence-corrected chi connectivity index (χ3v) is 9.84. The van der Waals surface area contributed by atoms with Gasteiger partial charge in [0.15, 0.2) is 0 Å². The van der Waals surface area contributed by atoms with Crippen molar-refractivity contribution >= 4 is 35.2 Å². The molecule has 3 aromatic carbocycles. The molecule has 4 heterocycles. The van der Waals surface area contributed by atoms with Crippen molar-refractivity contribution < 1.29 is 20.1 Å². The van der Waals surface area contributed by atoms with Crippen LogP contribution in [0.5, 0.6) is 0 Å². The second-order valence-electron chi connectivity index (χ2n) is 12.7. The third-order valence-electron chi connectivity index (χ3n) is 7.82. The third kappa shape index (κ3) is 7.26. The molecule has 0 aliphatic rings. The maximum absolute atomic E-state index is 4.92. The molecule has 4 nitrogen and oxygen atoms in total. The summed E-state index contributed by atoms with van der Waals surface area (Å²) in [5.74, 6) is 0.537. The van der Waals surface area contributed by atoms with Crippen LogP contribution in [0, 0.1) is 18.1 Å². The largest absolute Gasteiger partial charge is 0.365 e. The molecule has 0 saturated heterocycles. The van der Waals surface area contributed by atoms with Gasteiger partial charge in [0.25, 0.3) is 0 Å². The molecule has 0 unspecified atom stereocenters. The number of pyridine rings is 3. The monoisotopic (exact) mass is 795 g/mol. The standard InChI is InChI=1S/C29H30N3Si.C11H8N.Ir/c1-20(2)19-32-27-14-13-22(16-25(27)23-12-9-15-30-29(23)32)26-17-24(21-10-7-6-8-11-21)28(18-31-26)33(3,4)5;1-2-6-10(7-3-1)11-8-4-5-9-12-11;/h6-12,14-18,20H,19H2,1-5H3;1-6,8-9H;/q2*-1;. The number of fused-ring (bicyclic) bond motifs is 3. The van der Waals surface area contributed by atoms with Crippen LogP contribution >= 0.6 is 0 Å². The van der Waals surface area contributed by atoms with E-state index in [1.165, 1.54) is 32.6 Å². The van der Waals surface area contributed by atoms with Crippen LogP contribution in [0.1, 0.15) is 13.8 Å². The minimum absolute atomic E-state index is 0. The molecule has 0 N–H and O–H groups in total. The molecular weight excluding hydrogens is 757 g/mol. The van der Waals surface area contributed by atoms with Crippen molar-refractivity contribution in [1.29, 1.82) is 0 Å². The fourth-order valence-electron chi connectivity index (χ4n) is 5.69. The number of hydrogen-bond acceptors (Lipinski definition) is 3. The van der Waals surface area contributed by atoms with Gasteiger partial charge in [0.2, 0.25) is 0 Å². The van der Waals surface area contributed by atoms with Crippen molar-refractivity contribution in [1.82, 2.24) is 19.5 Å². The first-order valence-electron chi connectivity index (χ1n) is 15.5. The molecule has 0 atom stereocenters. The van der Waals surface area contributed by atoms with Crippen LogP contribution in [0.2, 0.25) is 19.6 Å². The second kappa shape index (κ2) is 14.5. The Morgan fingerprint density at radius 1 is 0.717 bits per heavy atom. The van der Waals surface area contributed by atoms with E-state index in [1.807, 2.05) is 54.7 Å². The first-order chi connectivity index (χ1) is 21.8. The minimum Gasteiger partial charge on any atom is -0.365 e. The first-order valence-corrected chi connectivity index (χ1v) is 19.0. The Morgan fingerprint density at radius 2 is 1.48 bits per heavy atom. The van der Waals surface area contributed by atoms with Crippen LogP contribution < -0.4 is 5.19 Å². The molecule has 0 aliphatic heterocycles. The number of nitrogens with zero attached hydrogens (tertiary/aromatic N) is 4. The molecule has 0 fully saturated rings. The molecular formula is C40H38IrN4Si-2. The number of rotatable bonds is 6. The van der Waals surface area contributed by atoms with Gasteiger partial charge in [0.1, 0.15) is 5.65 Å². The summed E-state index contributed by atoms with van der Waals surface area (Å²) in [6, 6.07) is 41.8. The Balaban J connectivity index is 0.000000269. The van der Waals surface area contributed by atoms with E-state index >= 15 is 0 Å². The zero-order valence-electron chi connectivity index (χ0n) is 27.0. The molecule has 233 valence electrons. The normalized spacial score (nSPS) is 11.3. The van der Waals surface area contributed by atoms with Gasteiger partial charge in [-0.15, -0.1) is 59.7 Å². The molecule has 0 amide bonds. The van der Waals surface area contributed by atoms with E-state index < -0.39 is 8.07 Å². The van der Waals surface area contributed by atoms with Crippen LogP contribution in [0.25, 0.3) is 55.6 Å². The summed E-state index contributed by atoms with van der Waals surface area (Å²) in [5.41, 5.74) is 8.76. The fraction of sp³-hybridized carbons (Fsp3) is 0.175. The van der Waals surface area contributed by atoms with E-state index in [-0.39, 0.29) is 20.1 Å². The van der Waals surface area contributed by atoms with Crippen LogP contribution in [-0.4, -0.2) is 27.6 Å². The van der Waals surface area contributed by atoms with Crippen molar-refractivity contribution in [3.63, 3.8) is 0 Å². The summed E-state index contributed by atoms with van der Waals surface area (Å²) >= 11 is 0. The zero-order chi connectivity index (χ0) is 31.4. The van der Waals surface area contributed by atoms with Crippen molar-refractivity contribution in [2.75, 3.05) is 0 Å². The molecule has 0 aliphatic carbocycles. The summed E-state index contributed by atoms with van der Waals surface area (Å²) in [5, 5.41) is 3.78. The quantitative estimate of drug-likeness (QED) is 0.125. The van der Waals surface area contributed by atoms with Gasteiger partial charge in [-0.3, -0.25) is 0 Å². The molecule has 0 saturated carbocycles. The zero-order valence-corrected chi connectivity index (χ0v) is 30.3. The van der Waals surface area contributed by atoms with Crippen LogP contribution in [0.4, 0.5) is 0 Å². The molecule has 6 heteroatoms. The first kappa shape index (κ1) is 33.1. The van der Waals surface area contributed by atoms with Gasteiger partial charge in [-0.25, -0.2) is 4.98 Å². The van der Waals surface area contributed by atoms with Crippen molar-refractivity contribution in [2.45, 2.75) is 40.0 Å². The molecule has 7 rings (SSSR count). The predicted octanol–water partition coefficient (Wildman–Crippen LogP) is 9.47. The van der Waals surface area contributed by atoms with Gasteiger partial charge in [-0.2, -0.15) is 0 Å². The van der Waals surface area contributed by atoms with Gasteiger partial charge in [0.05, 0.1) is 8.07 Å². The van der Waals surface area contributed by atoms with E-state index in [2.05, 4.69) is 116 Å². The molecule has 0 spiro atoms. The Bertz CT molecular complexity index is 2000. The van der Waals surface area contributed by atoms with Crippen molar-refractivity contribution in [3.8, 4) is 33.6 Å². The fourth-order valence-corrected chi connectivity index (χ4v) is 7.17. The molecule has 46 heavy (non-hydrogen) atoms. The average Bonchev–Trinajstić information content (AvgIpc) is 3.37. The summed E-state index contributed by atoms with van der Waals surface area (Å²) in [6.45, 7) is 12.6. The Morgan fingerprint density at radius 3 is 2.17 bits per heavy atom. The SMILES string of the molecule is CC(C)Cn1c2c[c-]c(-c3cc(-c4ccccc4)c([Si](C)(C)C)cn3)cc2c2cccnc21.[Ir].[c-]1ccccc1-c1ccccn1. The van der Waals surface area contributed by atoms with Crippen LogP contribution in [0.15, 0.2) is 122 Å². The predicted molar refractivity (Wildman–Crippen MR) is 191 cm³/mol. The molecule has 1 radical (unpaired) electrons.